The quantitative estimate of drug-likeness (QED) is 0.914. The summed E-state index contributed by atoms with van der Waals surface area (Å²) >= 11 is 0. The Morgan fingerprint density at radius 3 is 2.84 bits per heavy atom. The lowest BCUT2D eigenvalue weighted by Crippen LogP contribution is -2.25. The minimum absolute atomic E-state index is 0.0370. The van der Waals surface area contributed by atoms with E-state index >= 15 is 0 Å². The lowest BCUT2D eigenvalue weighted by molar-refractivity contribution is 0.0949. The smallest absolute Gasteiger partial charge is 0.251 e. The van der Waals surface area contributed by atoms with Crippen molar-refractivity contribution in [1.29, 1.82) is 0 Å². The van der Waals surface area contributed by atoms with Crippen molar-refractivity contribution in [3.63, 3.8) is 0 Å². The normalized spacial score (nSPS) is 10.5. The zero-order valence-electron chi connectivity index (χ0n) is 11.6. The third-order valence-electron chi connectivity index (χ3n) is 3.17. The average Bonchev–Trinajstić information content (AvgIpc) is 2.86. The van der Waals surface area contributed by atoms with Crippen LogP contribution in [0.1, 0.15) is 34.1 Å². The number of amides is 1. The van der Waals surface area contributed by atoms with Crippen LogP contribution >= 0.6 is 0 Å². The predicted octanol–water partition coefficient (Wildman–Crippen LogP) is 2.45. The Labute approximate surface area is 113 Å². The van der Waals surface area contributed by atoms with Gasteiger partial charge in [-0.1, -0.05) is 17.7 Å². The Hall–Kier alpha value is -2.10. The van der Waals surface area contributed by atoms with Crippen LogP contribution in [-0.2, 0) is 13.1 Å². The van der Waals surface area contributed by atoms with Crippen LogP contribution in [-0.4, -0.2) is 15.7 Å². The first kappa shape index (κ1) is 13.3. The highest BCUT2D eigenvalue weighted by atomic mass is 16.1. The molecule has 0 saturated heterocycles. The number of hydrogen-bond donors (Lipinski definition) is 1. The molecule has 0 unspecified atom stereocenters. The van der Waals surface area contributed by atoms with Crippen LogP contribution in [0.4, 0.5) is 0 Å². The van der Waals surface area contributed by atoms with Crippen molar-refractivity contribution in [2.75, 3.05) is 0 Å². The van der Waals surface area contributed by atoms with Crippen LogP contribution in [0.2, 0.25) is 0 Å². The highest BCUT2D eigenvalue weighted by molar-refractivity contribution is 5.95. The maximum atomic E-state index is 12.2. The van der Waals surface area contributed by atoms with Gasteiger partial charge in [0.15, 0.2) is 0 Å². The van der Waals surface area contributed by atoms with Crippen LogP contribution in [0, 0.1) is 13.8 Å². The number of benzene rings is 1. The number of carbonyl (C=O) groups is 1. The largest absolute Gasteiger partial charge is 0.346 e. The van der Waals surface area contributed by atoms with Gasteiger partial charge in [-0.2, -0.15) is 5.10 Å². The second-order valence-corrected chi connectivity index (χ2v) is 4.64. The van der Waals surface area contributed by atoms with Gasteiger partial charge in [-0.15, -0.1) is 0 Å². The third-order valence-corrected chi connectivity index (χ3v) is 3.17. The molecule has 2 aromatic rings. The van der Waals surface area contributed by atoms with Gasteiger partial charge in [0.25, 0.3) is 5.91 Å². The van der Waals surface area contributed by atoms with Crippen molar-refractivity contribution in [3.8, 4) is 0 Å². The maximum Gasteiger partial charge on any atom is 0.251 e. The molecule has 1 aromatic heterocycles. The summed E-state index contributed by atoms with van der Waals surface area (Å²) in [6, 6.07) is 7.83. The molecule has 100 valence electrons. The summed E-state index contributed by atoms with van der Waals surface area (Å²) in [5.41, 5.74) is 3.84. The molecule has 0 fully saturated rings. The van der Waals surface area contributed by atoms with Gasteiger partial charge in [0.05, 0.1) is 12.2 Å². The first-order valence-corrected chi connectivity index (χ1v) is 6.48. The molecule has 1 N–H and O–H groups in total. The van der Waals surface area contributed by atoms with E-state index in [0.29, 0.717) is 6.54 Å². The van der Waals surface area contributed by atoms with E-state index in [1.807, 2.05) is 49.7 Å². The molecular weight excluding hydrogens is 238 g/mol. The average molecular weight is 257 g/mol. The number of nitrogens with zero attached hydrogens (tertiary/aromatic N) is 2. The summed E-state index contributed by atoms with van der Waals surface area (Å²) in [7, 11) is 0. The van der Waals surface area contributed by atoms with Crippen molar-refractivity contribution < 1.29 is 4.79 Å². The maximum absolute atomic E-state index is 12.2. The molecule has 1 heterocycles. The summed E-state index contributed by atoms with van der Waals surface area (Å²) < 4.78 is 1.88. The van der Waals surface area contributed by atoms with Gasteiger partial charge in [0.2, 0.25) is 0 Å². The van der Waals surface area contributed by atoms with E-state index < -0.39 is 0 Å². The van der Waals surface area contributed by atoms with Crippen LogP contribution in [0.15, 0.2) is 30.5 Å². The van der Waals surface area contributed by atoms with E-state index in [0.717, 1.165) is 28.9 Å². The van der Waals surface area contributed by atoms with Crippen LogP contribution in [0.3, 0.4) is 0 Å². The highest BCUT2D eigenvalue weighted by Crippen LogP contribution is 2.10. The number of aryl methyl sites for hydroxylation is 3. The second kappa shape index (κ2) is 5.69. The monoisotopic (exact) mass is 257 g/mol. The van der Waals surface area contributed by atoms with Gasteiger partial charge < -0.3 is 5.32 Å². The lowest BCUT2D eigenvalue weighted by Gasteiger charge is -2.09. The minimum Gasteiger partial charge on any atom is -0.346 e. The molecule has 1 aromatic carbocycles. The molecule has 0 aliphatic heterocycles. The van der Waals surface area contributed by atoms with Gasteiger partial charge in [-0.05, 0) is 38.5 Å². The Morgan fingerprint density at radius 2 is 2.11 bits per heavy atom. The summed E-state index contributed by atoms with van der Waals surface area (Å²) in [5, 5.41) is 7.13. The van der Waals surface area contributed by atoms with Crippen LogP contribution in [0.5, 0.6) is 0 Å². The van der Waals surface area contributed by atoms with Gasteiger partial charge in [0.1, 0.15) is 0 Å². The Kier molecular flexibility index (Phi) is 4.00. The SMILES string of the molecule is CCn1nccc1CNC(=O)c1cc(C)ccc1C. The van der Waals surface area contributed by atoms with E-state index in [4.69, 9.17) is 0 Å². The highest BCUT2D eigenvalue weighted by Gasteiger charge is 2.09. The van der Waals surface area contributed by atoms with E-state index in [9.17, 15) is 4.79 Å². The van der Waals surface area contributed by atoms with E-state index in [1.54, 1.807) is 6.20 Å². The molecule has 0 spiro atoms. The Morgan fingerprint density at radius 1 is 1.32 bits per heavy atom. The molecular formula is C15H19N3O. The molecule has 0 radical (unpaired) electrons. The third kappa shape index (κ3) is 3.02. The topological polar surface area (TPSA) is 46.9 Å². The van der Waals surface area contributed by atoms with E-state index in [1.165, 1.54) is 0 Å². The van der Waals surface area contributed by atoms with Crippen molar-refractivity contribution in [2.24, 2.45) is 0 Å². The zero-order valence-corrected chi connectivity index (χ0v) is 11.6. The Balaban J connectivity index is 2.07. The molecule has 4 nitrogen and oxygen atoms in total. The van der Waals surface area contributed by atoms with Crippen molar-refractivity contribution >= 4 is 5.91 Å². The van der Waals surface area contributed by atoms with Gasteiger partial charge >= 0.3 is 0 Å². The molecule has 0 aliphatic rings. The van der Waals surface area contributed by atoms with Gasteiger partial charge in [-0.3, -0.25) is 9.48 Å². The molecule has 19 heavy (non-hydrogen) atoms. The molecule has 0 saturated carbocycles. The van der Waals surface area contributed by atoms with E-state index in [-0.39, 0.29) is 5.91 Å². The zero-order chi connectivity index (χ0) is 13.8. The summed E-state index contributed by atoms with van der Waals surface area (Å²) in [4.78, 5) is 12.2. The molecule has 4 heteroatoms. The van der Waals surface area contributed by atoms with Crippen LogP contribution in [0.25, 0.3) is 0 Å². The first-order valence-electron chi connectivity index (χ1n) is 6.48. The fourth-order valence-corrected chi connectivity index (χ4v) is 2.04. The molecule has 0 atom stereocenters. The number of rotatable bonds is 4. The molecule has 0 aliphatic carbocycles. The molecule has 2 rings (SSSR count). The fraction of sp³-hybridized carbons (Fsp3) is 0.333. The Bertz CT molecular complexity index is 587. The fourth-order valence-electron chi connectivity index (χ4n) is 2.04. The number of nitrogens with one attached hydrogen (secondary N) is 1. The lowest BCUT2D eigenvalue weighted by atomic mass is 10.1. The van der Waals surface area contributed by atoms with Gasteiger partial charge in [-0.25, -0.2) is 0 Å². The van der Waals surface area contributed by atoms with Gasteiger partial charge in [0, 0.05) is 18.3 Å². The second-order valence-electron chi connectivity index (χ2n) is 4.64. The summed E-state index contributed by atoms with van der Waals surface area (Å²) in [6.45, 7) is 7.28. The number of carbonyl (C=O) groups excluding carboxylic acids is 1. The summed E-state index contributed by atoms with van der Waals surface area (Å²) in [6.07, 6.45) is 1.75. The van der Waals surface area contributed by atoms with Crippen molar-refractivity contribution in [3.05, 3.63) is 52.8 Å². The molecule has 0 bridgehead atoms. The predicted molar refractivity (Wildman–Crippen MR) is 75.0 cm³/mol. The first-order chi connectivity index (χ1) is 9.11. The number of hydrogen-bond acceptors (Lipinski definition) is 2. The number of aromatic nitrogens is 2. The minimum atomic E-state index is -0.0370. The van der Waals surface area contributed by atoms with E-state index in [2.05, 4.69) is 10.4 Å². The summed E-state index contributed by atoms with van der Waals surface area (Å²) in [5.74, 6) is -0.0370. The van der Waals surface area contributed by atoms with Crippen molar-refractivity contribution in [1.82, 2.24) is 15.1 Å². The van der Waals surface area contributed by atoms with Crippen LogP contribution < -0.4 is 5.32 Å². The standard InChI is InChI=1S/C15H19N3O/c1-4-18-13(7-8-17-18)10-16-15(19)14-9-11(2)5-6-12(14)3/h5-9H,4,10H2,1-3H3,(H,16,19). The van der Waals surface area contributed by atoms with Crippen molar-refractivity contribution in [2.45, 2.75) is 33.9 Å². The molecule has 1 amide bonds.